The van der Waals surface area contributed by atoms with E-state index in [1.54, 1.807) is 5.01 Å². The van der Waals surface area contributed by atoms with Crippen molar-refractivity contribution in [1.29, 1.82) is 0 Å². The fraction of sp³-hybridized carbons (Fsp3) is 0.308. The zero-order valence-corrected chi connectivity index (χ0v) is 12.5. The number of carbonyl (C=O) groups is 1. The van der Waals surface area contributed by atoms with Crippen LogP contribution in [0.2, 0.25) is 0 Å². The van der Waals surface area contributed by atoms with Gasteiger partial charge in [0.1, 0.15) is 0 Å². The molecule has 21 heavy (non-hydrogen) atoms. The van der Waals surface area contributed by atoms with Crippen LogP contribution in [0, 0.1) is 11.6 Å². The Bertz CT molecular complexity index is 614. The fourth-order valence-electron chi connectivity index (χ4n) is 1.89. The molecule has 0 atom stereocenters. The molecule has 1 aromatic rings. The van der Waals surface area contributed by atoms with Crippen LogP contribution in [-0.2, 0) is 4.79 Å². The van der Waals surface area contributed by atoms with Crippen molar-refractivity contribution in [3.63, 3.8) is 0 Å². The van der Waals surface area contributed by atoms with E-state index < -0.39 is 23.3 Å². The van der Waals surface area contributed by atoms with E-state index in [2.05, 4.69) is 26.3 Å². The molecule has 1 aliphatic rings. The Balaban J connectivity index is 2.36. The van der Waals surface area contributed by atoms with E-state index in [4.69, 9.17) is 5.11 Å². The number of carboxylic acids is 1. The summed E-state index contributed by atoms with van der Waals surface area (Å²) in [7, 11) is 0. The van der Waals surface area contributed by atoms with Crippen LogP contribution in [0.3, 0.4) is 0 Å². The van der Waals surface area contributed by atoms with Crippen LogP contribution in [0.4, 0.5) is 14.5 Å². The minimum absolute atomic E-state index is 0.0887. The minimum atomic E-state index is -1.23. The molecule has 0 radical (unpaired) electrons. The average molecular weight is 360 g/mol. The molecule has 1 N–H and O–H groups in total. The van der Waals surface area contributed by atoms with E-state index in [9.17, 15) is 13.6 Å². The third-order valence-corrected chi connectivity index (χ3v) is 3.58. The molecule has 0 unspecified atom stereocenters. The lowest BCUT2D eigenvalue weighted by Crippen LogP contribution is -2.09. The third kappa shape index (κ3) is 3.84. The SMILES string of the molecule is O=C(O)C=Cc1c(Br)cc(F)c(N=NN2CCCC2)c1F. The highest BCUT2D eigenvalue weighted by Crippen LogP contribution is 2.32. The van der Waals surface area contributed by atoms with Crippen molar-refractivity contribution in [3.8, 4) is 0 Å². The van der Waals surface area contributed by atoms with Crippen LogP contribution in [-0.4, -0.2) is 29.2 Å². The lowest BCUT2D eigenvalue weighted by molar-refractivity contribution is -0.131. The average Bonchev–Trinajstić information content (AvgIpc) is 2.90. The Hall–Kier alpha value is -1.83. The molecule has 5 nitrogen and oxygen atoms in total. The summed E-state index contributed by atoms with van der Waals surface area (Å²) in [4.78, 5) is 10.5. The zero-order chi connectivity index (χ0) is 15.4. The van der Waals surface area contributed by atoms with E-state index in [0.29, 0.717) is 13.1 Å². The van der Waals surface area contributed by atoms with Gasteiger partial charge in [-0.2, -0.15) is 0 Å². The van der Waals surface area contributed by atoms with Crippen LogP contribution in [0.1, 0.15) is 18.4 Å². The standard InChI is InChI=1S/C13H12BrF2N3O2/c14-9-7-10(15)13(17-18-19-5-1-2-6-19)12(16)8(9)3-4-11(20)21/h3-4,7H,1-2,5-6H2,(H,20,21). The molecule has 0 bridgehead atoms. The molecule has 1 aromatic carbocycles. The van der Waals surface area contributed by atoms with Crippen LogP contribution < -0.4 is 0 Å². The molecule has 1 heterocycles. The molecule has 0 aliphatic carbocycles. The highest BCUT2D eigenvalue weighted by molar-refractivity contribution is 9.10. The van der Waals surface area contributed by atoms with Gasteiger partial charge < -0.3 is 5.11 Å². The predicted molar refractivity (Wildman–Crippen MR) is 76.1 cm³/mol. The fourth-order valence-corrected chi connectivity index (χ4v) is 2.40. The maximum absolute atomic E-state index is 14.2. The van der Waals surface area contributed by atoms with Gasteiger partial charge in [-0.25, -0.2) is 13.6 Å². The molecule has 1 saturated heterocycles. The normalized spacial score (nSPS) is 15.5. The summed E-state index contributed by atoms with van der Waals surface area (Å²) in [6.07, 6.45) is 3.74. The highest BCUT2D eigenvalue weighted by atomic mass is 79.9. The lowest BCUT2D eigenvalue weighted by atomic mass is 10.1. The largest absolute Gasteiger partial charge is 0.478 e. The minimum Gasteiger partial charge on any atom is -0.478 e. The smallest absolute Gasteiger partial charge is 0.328 e. The van der Waals surface area contributed by atoms with E-state index in [1.807, 2.05) is 0 Å². The van der Waals surface area contributed by atoms with Gasteiger partial charge in [-0.1, -0.05) is 5.22 Å². The van der Waals surface area contributed by atoms with Gasteiger partial charge in [-0.15, -0.1) is 5.11 Å². The highest BCUT2D eigenvalue weighted by Gasteiger charge is 2.17. The van der Waals surface area contributed by atoms with Crippen molar-refractivity contribution in [2.75, 3.05) is 13.1 Å². The number of benzene rings is 1. The van der Waals surface area contributed by atoms with Gasteiger partial charge in [-0.05, 0) is 40.9 Å². The van der Waals surface area contributed by atoms with Crippen molar-refractivity contribution in [1.82, 2.24) is 5.01 Å². The van der Waals surface area contributed by atoms with Gasteiger partial charge in [-0.3, -0.25) is 5.01 Å². The Kier molecular flexibility index (Phi) is 5.00. The topological polar surface area (TPSA) is 65.3 Å². The molecule has 112 valence electrons. The third-order valence-electron chi connectivity index (χ3n) is 2.93. The summed E-state index contributed by atoms with van der Waals surface area (Å²) in [6.45, 7) is 1.41. The number of carboxylic acid groups (broad SMARTS) is 1. The lowest BCUT2D eigenvalue weighted by Gasteiger charge is -2.09. The van der Waals surface area contributed by atoms with Crippen molar-refractivity contribution in [2.24, 2.45) is 10.3 Å². The molecule has 1 aliphatic heterocycles. The van der Waals surface area contributed by atoms with Crippen LogP contribution in [0.15, 0.2) is 27.0 Å². The summed E-state index contributed by atoms with van der Waals surface area (Å²) in [5, 5.41) is 17.6. The first kappa shape index (κ1) is 15.6. The van der Waals surface area contributed by atoms with E-state index in [0.717, 1.165) is 31.1 Å². The molecule has 1 fully saturated rings. The Morgan fingerprint density at radius 1 is 1.38 bits per heavy atom. The van der Waals surface area contributed by atoms with Gasteiger partial charge in [0.2, 0.25) is 0 Å². The van der Waals surface area contributed by atoms with Gasteiger partial charge >= 0.3 is 5.97 Å². The van der Waals surface area contributed by atoms with Gasteiger partial charge in [0.15, 0.2) is 17.3 Å². The number of aliphatic carboxylic acids is 1. The zero-order valence-electron chi connectivity index (χ0n) is 10.9. The second-order valence-electron chi connectivity index (χ2n) is 4.44. The number of rotatable bonds is 4. The summed E-state index contributed by atoms with van der Waals surface area (Å²) >= 11 is 2.99. The van der Waals surface area contributed by atoms with E-state index >= 15 is 0 Å². The Morgan fingerprint density at radius 3 is 2.67 bits per heavy atom. The van der Waals surface area contributed by atoms with Gasteiger partial charge in [0.25, 0.3) is 0 Å². The monoisotopic (exact) mass is 359 g/mol. The van der Waals surface area contributed by atoms with Crippen LogP contribution >= 0.6 is 15.9 Å². The molecule has 2 rings (SSSR count). The molecule has 0 aromatic heterocycles. The second kappa shape index (κ2) is 6.75. The van der Waals surface area contributed by atoms with Crippen molar-refractivity contribution in [2.45, 2.75) is 12.8 Å². The molecule has 0 saturated carbocycles. The van der Waals surface area contributed by atoms with Gasteiger partial charge in [0.05, 0.1) is 0 Å². The number of hydrogen-bond donors (Lipinski definition) is 1. The van der Waals surface area contributed by atoms with E-state index in [-0.39, 0.29) is 10.0 Å². The predicted octanol–water partition coefficient (Wildman–Crippen LogP) is 3.92. The van der Waals surface area contributed by atoms with E-state index in [1.165, 1.54) is 0 Å². The van der Waals surface area contributed by atoms with Crippen molar-refractivity contribution >= 4 is 33.7 Å². The summed E-state index contributed by atoms with van der Waals surface area (Å²) in [5.41, 5.74) is -0.621. The first-order chi connectivity index (χ1) is 9.99. The Morgan fingerprint density at radius 2 is 2.05 bits per heavy atom. The number of halogens is 3. The van der Waals surface area contributed by atoms with Crippen LogP contribution in [0.25, 0.3) is 6.08 Å². The molecule has 8 heteroatoms. The first-order valence-corrected chi connectivity index (χ1v) is 7.03. The molecular weight excluding hydrogens is 348 g/mol. The first-order valence-electron chi connectivity index (χ1n) is 6.24. The molecule has 0 spiro atoms. The molecule has 0 amide bonds. The quantitative estimate of drug-likeness (QED) is 0.654. The second-order valence-corrected chi connectivity index (χ2v) is 5.29. The molecular formula is C13H12BrF2N3O2. The Labute approximate surface area is 128 Å². The van der Waals surface area contributed by atoms with Crippen molar-refractivity contribution in [3.05, 3.63) is 33.8 Å². The number of hydrogen-bond acceptors (Lipinski definition) is 3. The number of nitrogens with zero attached hydrogens (tertiary/aromatic N) is 3. The summed E-state index contributed by atoms with van der Waals surface area (Å²) in [6, 6.07) is 1.03. The van der Waals surface area contributed by atoms with Crippen LogP contribution in [0.5, 0.6) is 0 Å². The van der Waals surface area contributed by atoms with Gasteiger partial charge in [0, 0.05) is 29.2 Å². The maximum atomic E-state index is 14.2. The maximum Gasteiger partial charge on any atom is 0.328 e. The summed E-state index contributed by atoms with van der Waals surface area (Å²) in [5.74, 6) is -3.05. The summed E-state index contributed by atoms with van der Waals surface area (Å²) < 4.78 is 28.1. The van der Waals surface area contributed by atoms with Crippen molar-refractivity contribution < 1.29 is 18.7 Å².